The number of aliphatic hydroxyl groups is 2. The Morgan fingerprint density at radius 3 is 1.39 bits per heavy atom. The van der Waals surface area contributed by atoms with E-state index < -0.39 is 151 Å². The Hall–Kier alpha value is -6.11. The summed E-state index contributed by atoms with van der Waals surface area (Å²) in [6, 6.07) is -14.5. The lowest BCUT2D eigenvalue weighted by Gasteiger charge is -2.29. The van der Waals surface area contributed by atoms with Crippen molar-refractivity contribution in [3.8, 4) is 0 Å². The highest BCUT2D eigenvalue weighted by Gasteiger charge is 2.37. The van der Waals surface area contributed by atoms with E-state index in [1.54, 1.807) is 27.7 Å². The zero-order valence-corrected chi connectivity index (χ0v) is 49.4. The highest BCUT2D eigenvalue weighted by atomic mass is 16.3. The van der Waals surface area contributed by atoms with Gasteiger partial charge in [-0.05, 0) is 122 Å². The van der Waals surface area contributed by atoms with Crippen molar-refractivity contribution >= 4 is 65.0 Å². The highest BCUT2D eigenvalue weighted by molar-refractivity contribution is 5.99. The number of carbonyl (C=O) groups is 11. The third kappa shape index (κ3) is 27.3. The van der Waals surface area contributed by atoms with Crippen molar-refractivity contribution in [3.63, 3.8) is 0 Å². The van der Waals surface area contributed by atoms with E-state index in [2.05, 4.69) is 72.3 Å². The van der Waals surface area contributed by atoms with Gasteiger partial charge in [-0.3, -0.25) is 52.7 Å². The van der Waals surface area contributed by atoms with Crippen molar-refractivity contribution in [2.75, 3.05) is 39.3 Å². The van der Waals surface area contributed by atoms with E-state index in [9.17, 15) is 63.0 Å². The predicted octanol–water partition coefficient (Wildman–Crippen LogP) is -5.44. The molecule has 0 radical (unpaired) electrons. The van der Waals surface area contributed by atoms with E-state index >= 15 is 0 Å². The Labute approximate surface area is 482 Å². The van der Waals surface area contributed by atoms with Crippen molar-refractivity contribution < 1.29 is 63.0 Å². The lowest BCUT2D eigenvalue weighted by Crippen LogP contribution is -2.62. The van der Waals surface area contributed by atoms with Crippen LogP contribution in [0.1, 0.15) is 139 Å². The molecule has 29 heteroatoms. The van der Waals surface area contributed by atoms with Gasteiger partial charge in [0.15, 0.2) is 0 Å². The summed E-state index contributed by atoms with van der Waals surface area (Å²) in [5, 5.41) is 49.5. The fourth-order valence-electron chi connectivity index (χ4n) is 8.76. The first-order valence-electron chi connectivity index (χ1n) is 28.8. The van der Waals surface area contributed by atoms with Crippen molar-refractivity contribution in [3.05, 3.63) is 0 Å². The quantitative estimate of drug-likeness (QED) is 0.0311. The number of nitrogens with one attached hydrogen (secondary N) is 11. The van der Waals surface area contributed by atoms with Crippen LogP contribution < -0.4 is 87.2 Å². The molecule has 0 aromatic carbocycles. The fourth-order valence-corrected chi connectivity index (χ4v) is 8.76. The van der Waals surface area contributed by atoms with Crippen molar-refractivity contribution in [2.45, 2.75) is 211 Å². The van der Waals surface area contributed by atoms with Gasteiger partial charge in [-0.25, -0.2) is 0 Å². The number of aliphatic hydroxyl groups excluding tert-OH is 2. The third-order valence-electron chi connectivity index (χ3n) is 13.7. The molecule has 1 unspecified atom stereocenters. The van der Waals surface area contributed by atoms with Crippen molar-refractivity contribution in [2.24, 2.45) is 46.4 Å². The molecule has 0 aliphatic carbocycles. The van der Waals surface area contributed by atoms with E-state index in [-0.39, 0.29) is 95.9 Å². The molecule has 29 nitrogen and oxygen atoms in total. The summed E-state index contributed by atoms with van der Waals surface area (Å²) in [6.45, 7) is 12.6. The van der Waals surface area contributed by atoms with Gasteiger partial charge in [0, 0.05) is 13.0 Å². The second-order valence-corrected chi connectivity index (χ2v) is 22.0. The topological polar surface area (TPSA) is 491 Å². The van der Waals surface area contributed by atoms with Crippen LogP contribution in [0.25, 0.3) is 0 Å². The molecular weight excluding hydrogens is 1070 g/mol. The molecule has 0 aromatic heterocycles. The zero-order valence-electron chi connectivity index (χ0n) is 49.4. The second kappa shape index (κ2) is 39.4. The predicted molar refractivity (Wildman–Crippen MR) is 305 cm³/mol. The SMILES string of the molecule is CCC(C)CCCCC(=O)N[C@@H](CCN)C(=O)N[C@H](C(=O)N[C@@H](CCN)C(=O)N[C@H]1CCNC(=O)[C@H]([C@@H](C)O)NC(=O)[C@H](CCN)NC(=O)[C@H](CCN)NC(=O)[C@H](CC(C)C)NC(=O)[C@H](CC(C)C)NC(=O)[C@H](CCN)NC1=O)[C@@H](C)O. The van der Waals surface area contributed by atoms with Crippen LogP contribution in [-0.4, -0.2) is 187 Å². The molecule has 0 aromatic rings. The molecule has 1 fully saturated rings. The maximum Gasteiger partial charge on any atom is 0.245 e. The number of unbranched alkanes of at least 4 members (excludes halogenated alkanes) is 1. The van der Waals surface area contributed by atoms with Crippen LogP contribution >= 0.6 is 0 Å². The summed E-state index contributed by atoms with van der Waals surface area (Å²) in [5.41, 5.74) is 29.2. The van der Waals surface area contributed by atoms with Gasteiger partial charge in [0.25, 0.3) is 0 Å². The lowest BCUT2D eigenvalue weighted by molar-refractivity contribution is -0.137. The van der Waals surface area contributed by atoms with Gasteiger partial charge in [0.05, 0.1) is 12.2 Å². The number of carbonyl (C=O) groups excluding carboxylic acids is 11. The van der Waals surface area contributed by atoms with Crippen LogP contribution in [0.2, 0.25) is 0 Å². The Morgan fingerprint density at radius 1 is 0.524 bits per heavy atom. The summed E-state index contributed by atoms with van der Waals surface area (Å²) in [5.74, 6) is -9.49. The number of hydrogen-bond donors (Lipinski definition) is 18. The number of nitrogens with two attached hydrogens (primary N) is 5. The Balaban J connectivity index is 3.81. The molecule has 1 heterocycles. The molecule has 0 spiro atoms. The first-order chi connectivity index (χ1) is 38.7. The standard InChI is InChI=1S/C53H100N16O13/c1-9-30(6)12-10-11-13-41(72)60-33(14-20-54)48(77)69-43(32(8)71)53(82)65-36(17-23-57)45(74)64-38-19-25-59-52(81)42(31(7)70)68-49(78)37(18-24-58)62-44(73)34(15-21-55)63-50(79)39(26-28(2)3)67-51(80)40(27-29(4)5)66-46(75)35(16-22-56)61-47(38)76/h28-40,42-43,70-71H,9-27,54-58H2,1-8H3,(H,59,81)(H,60,72)(H,61,76)(H,62,73)(H,63,79)(H,64,74)(H,65,82)(H,66,75)(H,67,80)(H,68,78)(H,69,77)/t30?,31-,32-,33+,34+,35+,36+,37+,38+,39+,40+,42+,43+/m1/s1. The normalized spacial score (nSPS) is 23.4. The average Bonchev–Trinajstić information content (AvgIpc) is 3.41. The summed E-state index contributed by atoms with van der Waals surface area (Å²) < 4.78 is 0. The number of amides is 11. The lowest BCUT2D eigenvalue weighted by atomic mass is 9.99. The maximum absolute atomic E-state index is 14.4. The van der Waals surface area contributed by atoms with Crippen LogP contribution in [0.5, 0.6) is 0 Å². The van der Waals surface area contributed by atoms with Gasteiger partial charge in [-0.1, -0.05) is 60.8 Å². The molecule has 470 valence electrons. The number of hydrogen-bond acceptors (Lipinski definition) is 18. The largest absolute Gasteiger partial charge is 0.391 e. The summed E-state index contributed by atoms with van der Waals surface area (Å²) in [4.78, 5) is 153. The molecule has 0 saturated carbocycles. The van der Waals surface area contributed by atoms with Gasteiger partial charge in [-0.15, -0.1) is 0 Å². The van der Waals surface area contributed by atoms with Crippen LogP contribution in [0.3, 0.4) is 0 Å². The second-order valence-electron chi connectivity index (χ2n) is 22.0. The summed E-state index contributed by atoms with van der Waals surface area (Å²) in [7, 11) is 0. The Morgan fingerprint density at radius 2 is 0.963 bits per heavy atom. The van der Waals surface area contributed by atoms with Gasteiger partial charge < -0.3 is 97.4 Å². The molecule has 1 rings (SSSR count). The summed E-state index contributed by atoms with van der Waals surface area (Å²) in [6.07, 6.45) is -0.760. The molecule has 13 atom stereocenters. The van der Waals surface area contributed by atoms with E-state index in [4.69, 9.17) is 28.7 Å². The van der Waals surface area contributed by atoms with E-state index in [0.717, 1.165) is 19.3 Å². The molecule has 1 aliphatic rings. The first-order valence-corrected chi connectivity index (χ1v) is 28.8. The summed E-state index contributed by atoms with van der Waals surface area (Å²) >= 11 is 0. The first kappa shape index (κ1) is 73.9. The molecule has 1 saturated heterocycles. The monoisotopic (exact) mass is 1170 g/mol. The van der Waals surface area contributed by atoms with Gasteiger partial charge in [0.1, 0.15) is 60.4 Å². The smallest absolute Gasteiger partial charge is 0.245 e. The van der Waals surface area contributed by atoms with Crippen molar-refractivity contribution in [1.82, 2.24) is 58.5 Å². The average molecular weight is 1170 g/mol. The van der Waals surface area contributed by atoms with Crippen LogP contribution in [0, 0.1) is 17.8 Å². The fraction of sp³-hybridized carbons (Fsp3) is 0.792. The molecule has 82 heavy (non-hydrogen) atoms. The van der Waals surface area contributed by atoms with Crippen molar-refractivity contribution in [1.29, 1.82) is 0 Å². The van der Waals surface area contributed by atoms with Crippen LogP contribution in [0.4, 0.5) is 0 Å². The molecule has 23 N–H and O–H groups in total. The highest BCUT2D eigenvalue weighted by Crippen LogP contribution is 2.14. The third-order valence-corrected chi connectivity index (χ3v) is 13.7. The molecule has 0 bridgehead atoms. The Kier molecular flexibility index (Phi) is 35.5. The minimum absolute atomic E-state index is 0.0131. The van der Waals surface area contributed by atoms with Crippen LogP contribution in [0.15, 0.2) is 0 Å². The van der Waals surface area contributed by atoms with Gasteiger partial charge >= 0.3 is 0 Å². The van der Waals surface area contributed by atoms with Crippen LogP contribution in [-0.2, 0) is 52.7 Å². The molecule has 11 amide bonds. The zero-order chi connectivity index (χ0) is 62.2. The molecule has 1 aliphatic heterocycles. The van der Waals surface area contributed by atoms with Gasteiger partial charge in [-0.2, -0.15) is 0 Å². The van der Waals surface area contributed by atoms with Gasteiger partial charge in [0.2, 0.25) is 65.0 Å². The minimum Gasteiger partial charge on any atom is -0.391 e. The number of rotatable bonds is 29. The minimum atomic E-state index is -1.69. The molecular formula is C53H100N16O13. The maximum atomic E-state index is 14.4. The Bertz CT molecular complexity index is 2070. The van der Waals surface area contributed by atoms with E-state index in [0.29, 0.717) is 12.3 Å². The van der Waals surface area contributed by atoms with E-state index in [1.807, 2.05) is 0 Å². The van der Waals surface area contributed by atoms with E-state index in [1.165, 1.54) is 13.8 Å².